The summed E-state index contributed by atoms with van der Waals surface area (Å²) in [7, 11) is 0. The fourth-order valence-corrected chi connectivity index (χ4v) is 2.34. The molecule has 0 saturated carbocycles. The van der Waals surface area contributed by atoms with Crippen LogP contribution in [0.5, 0.6) is 0 Å². The zero-order valence-electron chi connectivity index (χ0n) is 11.6. The summed E-state index contributed by atoms with van der Waals surface area (Å²) in [5.74, 6) is 0.141. The third kappa shape index (κ3) is 3.57. The number of hydrogen-bond acceptors (Lipinski definition) is 3. The molecule has 1 heterocycles. The lowest BCUT2D eigenvalue weighted by Gasteiger charge is -2.16. The van der Waals surface area contributed by atoms with Crippen LogP contribution in [0.4, 0.5) is 0 Å². The summed E-state index contributed by atoms with van der Waals surface area (Å²) in [6, 6.07) is 7.27. The van der Waals surface area contributed by atoms with Crippen molar-refractivity contribution in [1.82, 2.24) is 10.2 Å². The van der Waals surface area contributed by atoms with Crippen LogP contribution in [0.25, 0.3) is 0 Å². The van der Waals surface area contributed by atoms with Crippen LogP contribution in [0, 0.1) is 5.92 Å². The fraction of sp³-hybridized carbons (Fsp3) is 0.467. The van der Waals surface area contributed by atoms with Crippen molar-refractivity contribution < 1.29 is 14.7 Å². The topological polar surface area (TPSA) is 69.6 Å². The summed E-state index contributed by atoms with van der Waals surface area (Å²) in [6.07, 6.45) is 0.864. The molecule has 0 radical (unpaired) electrons. The van der Waals surface area contributed by atoms with Gasteiger partial charge in [0, 0.05) is 44.6 Å². The number of nitrogens with zero attached hydrogens (tertiary/aromatic N) is 1. The van der Waals surface area contributed by atoms with E-state index in [1.54, 1.807) is 17.0 Å². The van der Waals surface area contributed by atoms with E-state index in [-0.39, 0.29) is 24.3 Å². The van der Waals surface area contributed by atoms with Gasteiger partial charge in [0.05, 0.1) is 0 Å². The van der Waals surface area contributed by atoms with E-state index in [9.17, 15) is 9.59 Å². The van der Waals surface area contributed by atoms with Gasteiger partial charge in [-0.2, -0.15) is 0 Å². The highest BCUT2D eigenvalue weighted by molar-refractivity contribution is 5.94. The van der Waals surface area contributed by atoms with Gasteiger partial charge in [-0.1, -0.05) is 12.1 Å². The molecular formula is C15H20N2O3. The van der Waals surface area contributed by atoms with Crippen molar-refractivity contribution in [2.24, 2.45) is 5.92 Å². The molecule has 0 spiro atoms. The lowest BCUT2D eigenvalue weighted by molar-refractivity contribution is -0.119. The molecular weight excluding hydrogens is 256 g/mol. The van der Waals surface area contributed by atoms with Gasteiger partial charge in [0.2, 0.25) is 5.91 Å². The average Bonchev–Trinajstić information content (AvgIpc) is 2.94. The predicted molar refractivity (Wildman–Crippen MR) is 75.1 cm³/mol. The summed E-state index contributed by atoms with van der Waals surface area (Å²) in [5, 5.41) is 11.8. The number of nitrogens with one attached hydrogen (secondary N) is 1. The van der Waals surface area contributed by atoms with Crippen LogP contribution >= 0.6 is 0 Å². The maximum absolute atomic E-state index is 12.3. The Bertz CT molecular complexity index is 484. The van der Waals surface area contributed by atoms with Gasteiger partial charge in [-0.15, -0.1) is 0 Å². The maximum atomic E-state index is 12.3. The van der Waals surface area contributed by atoms with Crippen LogP contribution < -0.4 is 5.32 Å². The molecule has 1 aromatic carbocycles. The Morgan fingerprint density at radius 3 is 2.60 bits per heavy atom. The van der Waals surface area contributed by atoms with E-state index in [1.807, 2.05) is 12.1 Å². The van der Waals surface area contributed by atoms with Gasteiger partial charge in [-0.3, -0.25) is 9.59 Å². The number of carbonyl (C=O) groups is 2. The maximum Gasteiger partial charge on any atom is 0.253 e. The lowest BCUT2D eigenvalue weighted by Crippen LogP contribution is -2.29. The van der Waals surface area contributed by atoms with Crippen molar-refractivity contribution in [1.29, 1.82) is 0 Å². The molecule has 1 aliphatic heterocycles. The Labute approximate surface area is 118 Å². The number of benzene rings is 1. The number of hydrogen-bond donors (Lipinski definition) is 2. The first-order valence-electron chi connectivity index (χ1n) is 6.83. The van der Waals surface area contributed by atoms with Crippen LogP contribution in [0.15, 0.2) is 24.3 Å². The van der Waals surface area contributed by atoms with E-state index in [2.05, 4.69) is 5.32 Å². The summed E-state index contributed by atoms with van der Waals surface area (Å²) in [5.41, 5.74) is 1.61. The number of amides is 2. The van der Waals surface area contributed by atoms with Gasteiger partial charge >= 0.3 is 0 Å². The number of likely N-dealkylation sites (tertiary alicyclic amines) is 1. The van der Waals surface area contributed by atoms with Crippen LogP contribution in [-0.4, -0.2) is 41.5 Å². The minimum absolute atomic E-state index is 0.00651. The van der Waals surface area contributed by atoms with E-state index in [0.717, 1.165) is 12.0 Å². The average molecular weight is 276 g/mol. The lowest BCUT2D eigenvalue weighted by atomic mass is 10.1. The molecule has 1 aliphatic rings. The normalized spacial score (nSPS) is 18.1. The van der Waals surface area contributed by atoms with Crippen molar-refractivity contribution in [3.8, 4) is 0 Å². The molecule has 2 rings (SSSR count). The van der Waals surface area contributed by atoms with E-state index in [0.29, 0.717) is 25.2 Å². The van der Waals surface area contributed by atoms with E-state index >= 15 is 0 Å². The SMILES string of the molecule is CC(=O)NCc1ccc(C(=O)N2CCC(CO)C2)cc1. The van der Waals surface area contributed by atoms with Gasteiger partial charge in [0.15, 0.2) is 0 Å². The van der Waals surface area contributed by atoms with E-state index < -0.39 is 0 Å². The zero-order valence-corrected chi connectivity index (χ0v) is 11.6. The fourth-order valence-electron chi connectivity index (χ4n) is 2.34. The van der Waals surface area contributed by atoms with Gasteiger partial charge < -0.3 is 15.3 Å². The molecule has 1 unspecified atom stereocenters. The second-order valence-corrected chi connectivity index (χ2v) is 5.20. The molecule has 1 fully saturated rings. The van der Waals surface area contributed by atoms with E-state index in [1.165, 1.54) is 6.92 Å². The van der Waals surface area contributed by atoms with Crippen LogP contribution in [0.1, 0.15) is 29.3 Å². The largest absolute Gasteiger partial charge is 0.396 e. The third-order valence-electron chi connectivity index (χ3n) is 3.57. The molecule has 0 bridgehead atoms. The van der Waals surface area contributed by atoms with E-state index in [4.69, 9.17) is 5.11 Å². The third-order valence-corrected chi connectivity index (χ3v) is 3.57. The molecule has 1 aromatic rings. The van der Waals surface area contributed by atoms with Crippen molar-refractivity contribution in [3.05, 3.63) is 35.4 Å². The first-order chi connectivity index (χ1) is 9.60. The molecule has 20 heavy (non-hydrogen) atoms. The Hall–Kier alpha value is -1.88. The molecule has 1 saturated heterocycles. The molecule has 0 aromatic heterocycles. The van der Waals surface area contributed by atoms with Crippen LogP contribution in [0.3, 0.4) is 0 Å². The summed E-state index contributed by atoms with van der Waals surface area (Å²) < 4.78 is 0. The highest BCUT2D eigenvalue weighted by Crippen LogP contribution is 2.18. The number of carbonyl (C=O) groups excluding carboxylic acids is 2. The Balaban J connectivity index is 1.95. The van der Waals surface area contributed by atoms with Crippen molar-refractivity contribution in [2.45, 2.75) is 19.9 Å². The summed E-state index contributed by atoms with van der Waals surface area (Å²) in [4.78, 5) is 24.9. The smallest absolute Gasteiger partial charge is 0.253 e. The minimum atomic E-state index is -0.0720. The van der Waals surface area contributed by atoms with Crippen LogP contribution in [-0.2, 0) is 11.3 Å². The van der Waals surface area contributed by atoms with Gasteiger partial charge in [-0.25, -0.2) is 0 Å². The molecule has 108 valence electrons. The zero-order chi connectivity index (χ0) is 14.5. The second-order valence-electron chi connectivity index (χ2n) is 5.20. The second kappa shape index (κ2) is 6.52. The molecule has 5 heteroatoms. The van der Waals surface area contributed by atoms with Crippen molar-refractivity contribution >= 4 is 11.8 Å². The first-order valence-corrected chi connectivity index (χ1v) is 6.83. The monoisotopic (exact) mass is 276 g/mol. The first kappa shape index (κ1) is 14.5. The number of aliphatic hydroxyl groups excluding tert-OH is 1. The number of aliphatic hydroxyl groups is 1. The highest BCUT2D eigenvalue weighted by Gasteiger charge is 2.26. The van der Waals surface area contributed by atoms with Crippen LogP contribution in [0.2, 0.25) is 0 Å². The van der Waals surface area contributed by atoms with Gasteiger partial charge in [0.1, 0.15) is 0 Å². The quantitative estimate of drug-likeness (QED) is 0.853. The Morgan fingerprint density at radius 1 is 1.35 bits per heavy atom. The molecule has 2 amide bonds. The highest BCUT2D eigenvalue weighted by atomic mass is 16.3. The number of rotatable bonds is 4. The molecule has 5 nitrogen and oxygen atoms in total. The molecule has 1 atom stereocenters. The molecule has 0 aliphatic carbocycles. The van der Waals surface area contributed by atoms with Gasteiger partial charge in [-0.05, 0) is 24.1 Å². The predicted octanol–water partition coefficient (Wildman–Crippen LogP) is 0.777. The Kier molecular flexibility index (Phi) is 4.74. The summed E-state index contributed by atoms with van der Waals surface area (Å²) in [6.45, 7) is 3.42. The molecule has 2 N–H and O–H groups in total. The summed E-state index contributed by atoms with van der Waals surface area (Å²) >= 11 is 0. The Morgan fingerprint density at radius 2 is 2.05 bits per heavy atom. The van der Waals surface area contributed by atoms with Gasteiger partial charge in [0.25, 0.3) is 5.91 Å². The van der Waals surface area contributed by atoms with Crippen molar-refractivity contribution in [2.75, 3.05) is 19.7 Å². The van der Waals surface area contributed by atoms with Crippen molar-refractivity contribution in [3.63, 3.8) is 0 Å². The minimum Gasteiger partial charge on any atom is -0.396 e. The standard InChI is InChI=1S/C15H20N2O3/c1-11(19)16-8-12-2-4-14(5-3-12)15(20)17-7-6-13(9-17)10-18/h2-5,13,18H,6-10H2,1H3,(H,16,19).